The van der Waals surface area contributed by atoms with E-state index >= 15 is 0 Å². The van der Waals surface area contributed by atoms with Crippen LogP contribution < -0.4 is 0 Å². The Morgan fingerprint density at radius 2 is 1.70 bits per heavy atom. The summed E-state index contributed by atoms with van der Waals surface area (Å²) >= 11 is 0. The molecule has 0 aromatic carbocycles. The Morgan fingerprint density at radius 3 is 2.20 bits per heavy atom. The molecule has 0 saturated heterocycles. The summed E-state index contributed by atoms with van der Waals surface area (Å²) in [5.74, 6) is -2.02. The standard InChI is InChI=1S/C15H21F2NO2/c1-9-6-12(16)14(13(17)7-9)15(19)20-11-4-2-10(8-18)3-5-11/h9-14H,2-7H2,1H3. The molecule has 20 heavy (non-hydrogen) atoms. The lowest BCUT2D eigenvalue weighted by atomic mass is 9.80. The molecule has 2 atom stereocenters. The van der Waals surface area contributed by atoms with Crippen molar-refractivity contribution in [3.8, 4) is 6.07 Å². The third kappa shape index (κ3) is 3.47. The molecule has 2 unspecified atom stereocenters. The van der Waals surface area contributed by atoms with E-state index in [1.165, 1.54) is 0 Å². The molecule has 2 aliphatic rings. The number of rotatable bonds is 2. The second-order valence-electron chi connectivity index (χ2n) is 6.17. The van der Waals surface area contributed by atoms with Crippen molar-refractivity contribution in [3.63, 3.8) is 0 Å². The van der Waals surface area contributed by atoms with E-state index in [1.54, 1.807) is 6.92 Å². The van der Waals surface area contributed by atoms with Crippen molar-refractivity contribution in [1.82, 2.24) is 0 Å². The second kappa shape index (κ2) is 6.51. The van der Waals surface area contributed by atoms with Crippen LogP contribution in [0, 0.1) is 29.1 Å². The van der Waals surface area contributed by atoms with Crippen molar-refractivity contribution in [2.75, 3.05) is 0 Å². The van der Waals surface area contributed by atoms with Gasteiger partial charge in [0.05, 0.1) is 6.07 Å². The van der Waals surface area contributed by atoms with E-state index in [0.29, 0.717) is 25.7 Å². The zero-order valence-electron chi connectivity index (χ0n) is 11.7. The molecule has 0 spiro atoms. The molecule has 0 aliphatic heterocycles. The van der Waals surface area contributed by atoms with Gasteiger partial charge in [-0.1, -0.05) is 6.92 Å². The monoisotopic (exact) mass is 285 g/mol. The highest BCUT2D eigenvalue weighted by molar-refractivity contribution is 5.74. The van der Waals surface area contributed by atoms with Crippen LogP contribution in [0.2, 0.25) is 0 Å². The first kappa shape index (κ1) is 15.2. The Kier molecular flexibility index (Phi) is 4.95. The Bertz CT molecular complexity index is 376. The van der Waals surface area contributed by atoms with Crippen LogP contribution in [0.3, 0.4) is 0 Å². The fourth-order valence-electron chi connectivity index (χ4n) is 3.23. The largest absolute Gasteiger partial charge is 0.462 e. The van der Waals surface area contributed by atoms with Crippen LogP contribution in [0.1, 0.15) is 45.4 Å². The van der Waals surface area contributed by atoms with Gasteiger partial charge in [0.1, 0.15) is 24.4 Å². The molecule has 112 valence electrons. The van der Waals surface area contributed by atoms with Crippen LogP contribution in [-0.2, 0) is 9.53 Å². The van der Waals surface area contributed by atoms with Crippen molar-refractivity contribution in [2.24, 2.45) is 17.8 Å². The van der Waals surface area contributed by atoms with Crippen molar-refractivity contribution in [3.05, 3.63) is 0 Å². The van der Waals surface area contributed by atoms with Gasteiger partial charge in [-0.15, -0.1) is 0 Å². The molecule has 0 aromatic rings. The molecule has 0 heterocycles. The topological polar surface area (TPSA) is 50.1 Å². The molecule has 2 fully saturated rings. The summed E-state index contributed by atoms with van der Waals surface area (Å²) in [6.07, 6.45) is -0.132. The molecule has 3 nitrogen and oxygen atoms in total. The average molecular weight is 285 g/mol. The van der Waals surface area contributed by atoms with Gasteiger partial charge in [-0.05, 0) is 44.4 Å². The zero-order valence-corrected chi connectivity index (χ0v) is 11.7. The highest BCUT2D eigenvalue weighted by atomic mass is 19.1. The maximum atomic E-state index is 13.9. The Labute approximate surface area is 118 Å². The molecule has 0 bridgehead atoms. The number of ether oxygens (including phenoxy) is 1. The third-order valence-electron chi connectivity index (χ3n) is 4.45. The summed E-state index contributed by atoms with van der Waals surface area (Å²) in [4.78, 5) is 12.0. The molecule has 2 rings (SSSR count). The number of nitrogens with zero attached hydrogens (tertiary/aromatic N) is 1. The van der Waals surface area contributed by atoms with Gasteiger partial charge in [-0.25, -0.2) is 8.78 Å². The van der Waals surface area contributed by atoms with E-state index in [0.717, 1.165) is 0 Å². The lowest BCUT2D eigenvalue weighted by molar-refractivity contribution is -0.163. The minimum Gasteiger partial charge on any atom is -0.462 e. The molecule has 0 aromatic heterocycles. The van der Waals surface area contributed by atoms with Gasteiger partial charge in [0.25, 0.3) is 0 Å². The Morgan fingerprint density at radius 1 is 1.15 bits per heavy atom. The maximum absolute atomic E-state index is 13.9. The van der Waals surface area contributed by atoms with E-state index in [2.05, 4.69) is 6.07 Å². The van der Waals surface area contributed by atoms with Crippen LogP contribution in [0.15, 0.2) is 0 Å². The maximum Gasteiger partial charge on any atom is 0.315 e. The van der Waals surface area contributed by atoms with Crippen LogP contribution >= 0.6 is 0 Å². The highest BCUT2D eigenvalue weighted by Crippen LogP contribution is 2.35. The summed E-state index contributed by atoms with van der Waals surface area (Å²) < 4.78 is 33.0. The summed E-state index contributed by atoms with van der Waals surface area (Å²) in [5, 5.41) is 8.80. The fraction of sp³-hybridized carbons (Fsp3) is 0.867. The van der Waals surface area contributed by atoms with Crippen LogP contribution in [0.4, 0.5) is 8.78 Å². The average Bonchev–Trinajstić information content (AvgIpc) is 2.38. The molecule has 0 N–H and O–H groups in total. The van der Waals surface area contributed by atoms with E-state index in [4.69, 9.17) is 10.00 Å². The molecular formula is C15H21F2NO2. The molecule has 0 amide bonds. The number of alkyl halides is 2. The number of halogens is 2. The minimum atomic E-state index is -1.45. The summed E-state index contributed by atoms with van der Waals surface area (Å²) in [6, 6.07) is 2.20. The Hall–Kier alpha value is -1.18. The van der Waals surface area contributed by atoms with Crippen LogP contribution in [0.5, 0.6) is 0 Å². The first-order chi connectivity index (χ1) is 9.51. The number of hydrogen-bond acceptors (Lipinski definition) is 3. The van der Waals surface area contributed by atoms with Crippen molar-refractivity contribution >= 4 is 5.97 Å². The second-order valence-corrected chi connectivity index (χ2v) is 6.17. The van der Waals surface area contributed by atoms with E-state index in [-0.39, 0.29) is 30.8 Å². The van der Waals surface area contributed by atoms with Gasteiger partial charge in [0.15, 0.2) is 0 Å². The Balaban J connectivity index is 1.87. The predicted molar refractivity (Wildman–Crippen MR) is 69.1 cm³/mol. The number of esters is 1. The van der Waals surface area contributed by atoms with E-state index < -0.39 is 24.2 Å². The summed E-state index contributed by atoms with van der Waals surface area (Å²) in [6.45, 7) is 1.80. The number of nitriles is 1. The van der Waals surface area contributed by atoms with Gasteiger partial charge in [-0.3, -0.25) is 4.79 Å². The predicted octanol–water partition coefficient (Wildman–Crippen LogP) is 3.33. The minimum absolute atomic E-state index is 0.0170. The molecule has 2 saturated carbocycles. The lowest BCUT2D eigenvalue weighted by Crippen LogP contribution is -2.42. The van der Waals surface area contributed by atoms with Crippen molar-refractivity contribution in [1.29, 1.82) is 5.26 Å². The smallest absolute Gasteiger partial charge is 0.315 e. The summed E-state index contributed by atoms with van der Waals surface area (Å²) in [5.41, 5.74) is 0. The third-order valence-corrected chi connectivity index (χ3v) is 4.45. The van der Waals surface area contributed by atoms with Gasteiger partial charge >= 0.3 is 5.97 Å². The van der Waals surface area contributed by atoms with Gasteiger partial charge in [-0.2, -0.15) is 5.26 Å². The van der Waals surface area contributed by atoms with Crippen LogP contribution in [-0.4, -0.2) is 24.4 Å². The number of carbonyl (C=O) groups is 1. The first-order valence-corrected chi connectivity index (χ1v) is 7.39. The van der Waals surface area contributed by atoms with Gasteiger partial charge in [0, 0.05) is 5.92 Å². The molecule has 2 aliphatic carbocycles. The molecule has 5 heteroatoms. The normalized spacial score (nSPS) is 41.7. The first-order valence-electron chi connectivity index (χ1n) is 7.39. The fourth-order valence-corrected chi connectivity index (χ4v) is 3.23. The molecular weight excluding hydrogens is 264 g/mol. The highest BCUT2D eigenvalue weighted by Gasteiger charge is 2.43. The van der Waals surface area contributed by atoms with Gasteiger partial charge < -0.3 is 4.74 Å². The zero-order chi connectivity index (χ0) is 14.7. The quantitative estimate of drug-likeness (QED) is 0.731. The van der Waals surface area contributed by atoms with Crippen molar-refractivity contribution in [2.45, 2.75) is 63.9 Å². The van der Waals surface area contributed by atoms with Gasteiger partial charge in [0.2, 0.25) is 0 Å². The van der Waals surface area contributed by atoms with Crippen molar-refractivity contribution < 1.29 is 18.3 Å². The van der Waals surface area contributed by atoms with E-state index in [9.17, 15) is 13.6 Å². The van der Waals surface area contributed by atoms with E-state index in [1.807, 2.05) is 0 Å². The summed E-state index contributed by atoms with van der Waals surface area (Å²) in [7, 11) is 0. The lowest BCUT2D eigenvalue weighted by Gasteiger charge is -2.33. The number of carbonyl (C=O) groups excluding carboxylic acids is 1. The van der Waals surface area contributed by atoms with Crippen LogP contribution in [0.25, 0.3) is 0 Å². The SMILES string of the molecule is CC1CC(F)C(C(=O)OC2CCC(C#N)CC2)C(F)C1. The number of hydrogen-bond donors (Lipinski definition) is 0. The molecule has 0 radical (unpaired) electrons.